The van der Waals surface area contributed by atoms with Crippen LogP contribution in [0.1, 0.15) is 5.56 Å². The van der Waals surface area contributed by atoms with Crippen LogP contribution in [-0.4, -0.2) is 21.3 Å². The number of rotatable bonds is 5. The maximum Gasteiger partial charge on any atom is 0.203 e. The topological polar surface area (TPSA) is 53.7 Å². The lowest BCUT2D eigenvalue weighted by Crippen LogP contribution is -2.01. The maximum absolute atomic E-state index is 6.45. The van der Waals surface area contributed by atoms with Crippen molar-refractivity contribution in [1.29, 1.82) is 0 Å². The first-order valence-electron chi connectivity index (χ1n) is 6.55. The normalized spacial score (nSPS) is 10.5. The van der Waals surface area contributed by atoms with Crippen molar-refractivity contribution >= 4 is 23.2 Å². The van der Waals surface area contributed by atoms with Crippen LogP contribution in [0.4, 0.5) is 0 Å². The molecule has 0 heterocycles. The van der Waals surface area contributed by atoms with E-state index in [1.54, 1.807) is 33.5 Å². The molecule has 0 amide bonds. The van der Waals surface area contributed by atoms with Crippen LogP contribution in [0, 0.1) is 0 Å². The quantitative estimate of drug-likeness (QED) is 0.887. The lowest BCUT2D eigenvalue weighted by molar-refractivity contribution is 0.325. The number of benzene rings is 2. The summed E-state index contributed by atoms with van der Waals surface area (Å²) in [5, 5.41) is 1.04. The van der Waals surface area contributed by atoms with Gasteiger partial charge in [0.2, 0.25) is 5.75 Å². The Morgan fingerprint density at radius 2 is 1.50 bits per heavy atom. The Hall–Kier alpha value is -1.62. The number of nitrogens with two attached hydrogens (primary N) is 1. The Labute approximate surface area is 139 Å². The molecule has 0 fully saturated rings. The average Bonchev–Trinajstić information content (AvgIpc) is 2.54. The molecule has 6 heteroatoms. The predicted octanol–water partition coefficient (Wildman–Crippen LogP) is 4.14. The molecule has 0 atom stereocenters. The van der Waals surface area contributed by atoms with Crippen LogP contribution < -0.4 is 19.9 Å². The van der Waals surface area contributed by atoms with Crippen molar-refractivity contribution < 1.29 is 14.2 Å². The van der Waals surface area contributed by atoms with Gasteiger partial charge in [-0.1, -0.05) is 29.3 Å². The summed E-state index contributed by atoms with van der Waals surface area (Å²) in [6.45, 7) is 0.251. The van der Waals surface area contributed by atoms with Gasteiger partial charge in [-0.15, -0.1) is 0 Å². The van der Waals surface area contributed by atoms with Crippen molar-refractivity contribution in [2.45, 2.75) is 6.54 Å². The van der Waals surface area contributed by atoms with E-state index in [1.165, 1.54) is 0 Å². The van der Waals surface area contributed by atoms with E-state index in [9.17, 15) is 0 Å². The van der Waals surface area contributed by atoms with Crippen molar-refractivity contribution in [3.8, 4) is 28.4 Å². The summed E-state index contributed by atoms with van der Waals surface area (Å²) < 4.78 is 16.2. The van der Waals surface area contributed by atoms with Gasteiger partial charge in [0.25, 0.3) is 0 Å². The zero-order valence-corrected chi connectivity index (χ0v) is 14.1. The summed E-state index contributed by atoms with van der Waals surface area (Å²) in [5.74, 6) is 1.61. The summed E-state index contributed by atoms with van der Waals surface area (Å²) in [4.78, 5) is 0. The first-order valence-corrected chi connectivity index (χ1v) is 7.30. The molecule has 0 aliphatic rings. The summed E-state index contributed by atoms with van der Waals surface area (Å²) in [5.41, 5.74) is 7.96. The third kappa shape index (κ3) is 2.82. The van der Waals surface area contributed by atoms with Gasteiger partial charge in [-0.2, -0.15) is 0 Å². The molecule has 4 nitrogen and oxygen atoms in total. The van der Waals surface area contributed by atoms with Crippen molar-refractivity contribution in [3.05, 3.63) is 39.9 Å². The molecule has 0 saturated carbocycles. The third-order valence-corrected chi connectivity index (χ3v) is 4.17. The third-order valence-electron chi connectivity index (χ3n) is 3.38. The van der Waals surface area contributed by atoms with Crippen molar-refractivity contribution in [2.24, 2.45) is 5.73 Å². The Kier molecular flexibility index (Phi) is 5.40. The molecular formula is C16H17Cl2NO3. The van der Waals surface area contributed by atoms with E-state index in [0.29, 0.717) is 32.9 Å². The Bertz CT molecular complexity index is 690. The smallest absolute Gasteiger partial charge is 0.203 e. The number of methoxy groups -OCH3 is 3. The summed E-state index contributed by atoms with van der Waals surface area (Å²) in [7, 11) is 4.69. The first kappa shape index (κ1) is 16.7. The van der Waals surface area contributed by atoms with Gasteiger partial charge in [0.05, 0.1) is 26.4 Å². The fraction of sp³-hybridized carbons (Fsp3) is 0.250. The zero-order valence-electron chi connectivity index (χ0n) is 12.6. The standard InChI is InChI=1S/C16H17Cl2NO3/c1-20-13-7-5-10(15(21-2)16(13)22-3)9-4-6-12(17)11(8-19)14(9)18/h4-7H,8,19H2,1-3H3. The van der Waals surface area contributed by atoms with Crippen LogP contribution in [0.2, 0.25) is 10.0 Å². The summed E-state index contributed by atoms with van der Waals surface area (Å²) >= 11 is 12.6. The van der Waals surface area contributed by atoms with E-state index in [1.807, 2.05) is 12.1 Å². The molecule has 0 spiro atoms. The van der Waals surface area contributed by atoms with Crippen molar-refractivity contribution in [3.63, 3.8) is 0 Å². The molecule has 2 aromatic carbocycles. The van der Waals surface area contributed by atoms with Gasteiger partial charge >= 0.3 is 0 Å². The molecule has 118 valence electrons. The van der Waals surface area contributed by atoms with E-state index in [-0.39, 0.29) is 6.54 Å². The highest BCUT2D eigenvalue weighted by atomic mass is 35.5. The van der Waals surface area contributed by atoms with Crippen molar-refractivity contribution in [1.82, 2.24) is 0 Å². The van der Waals surface area contributed by atoms with E-state index in [4.69, 9.17) is 43.1 Å². The Morgan fingerprint density at radius 3 is 2.05 bits per heavy atom. The molecule has 0 radical (unpaired) electrons. The fourth-order valence-electron chi connectivity index (χ4n) is 2.31. The van der Waals surface area contributed by atoms with Gasteiger partial charge in [0.15, 0.2) is 11.5 Å². The van der Waals surface area contributed by atoms with Gasteiger partial charge in [-0.05, 0) is 18.2 Å². The zero-order chi connectivity index (χ0) is 16.3. The van der Waals surface area contributed by atoms with Crippen LogP contribution in [0.5, 0.6) is 17.2 Å². The summed E-state index contributed by atoms with van der Waals surface area (Å²) in [6, 6.07) is 7.24. The first-order chi connectivity index (χ1) is 10.6. The number of ether oxygens (including phenoxy) is 3. The van der Waals surface area contributed by atoms with E-state index >= 15 is 0 Å². The van der Waals surface area contributed by atoms with Gasteiger partial charge in [0, 0.05) is 28.3 Å². The number of halogens is 2. The van der Waals surface area contributed by atoms with Gasteiger partial charge in [-0.25, -0.2) is 0 Å². The van der Waals surface area contributed by atoms with Gasteiger partial charge in [0.1, 0.15) is 0 Å². The van der Waals surface area contributed by atoms with Crippen LogP contribution in [-0.2, 0) is 6.54 Å². The van der Waals surface area contributed by atoms with Crippen LogP contribution in [0.15, 0.2) is 24.3 Å². The molecule has 0 aliphatic heterocycles. The molecule has 2 N–H and O–H groups in total. The van der Waals surface area contributed by atoms with Crippen LogP contribution in [0.25, 0.3) is 11.1 Å². The molecule has 0 aromatic heterocycles. The second-order valence-corrected chi connectivity index (χ2v) is 5.26. The van der Waals surface area contributed by atoms with E-state index in [0.717, 1.165) is 11.1 Å². The highest BCUT2D eigenvalue weighted by molar-refractivity contribution is 6.37. The molecular weight excluding hydrogens is 325 g/mol. The second-order valence-electron chi connectivity index (χ2n) is 4.47. The van der Waals surface area contributed by atoms with Gasteiger partial charge < -0.3 is 19.9 Å². The van der Waals surface area contributed by atoms with E-state index in [2.05, 4.69) is 0 Å². The Balaban J connectivity index is 2.73. The number of hydrogen-bond acceptors (Lipinski definition) is 4. The highest BCUT2D eigenvalue weighted by Gasteiger charge is 2.20. The predicted molar refractivity (Wildman–Crippen MR) is 89.4 cm³/mol. The summed E-state index contributed by atoms with van der Waals surface area (Å²) in [6.07, 6.45) is 0. The Morgan fingerprint density at radius 1 is 0.864 bits per heavy atom. The monoisotopic (exact) mass is 341 g/mol. The average molecular weight is 342 g/mol. The van der Waals surface area contributed by atoms with Gasteiger partial charge in [-0.3, -0.25) is 0 Å². The molecule has 0 unspecified atom stereocenters. The fourth-order valence-corrected chi connectivity index (χ4v) is 2.93. The molecule has 2 aromatic rings. The highest BCUT2D eigenvalue weighted by Crippen LogP contribution is 2.46. The largest absolute Gasteiger partial charge is 0.493 e. The lowest BCUT2D eigenvalue weighted by Gasteiger charge is -2.17. The molecule has 0 saturated heterocycles. The minimum absolute atomic E-state index is 0.251. The lowest BCUT2D eigenvalue weighted by atomic mass is 10.0. The van der Waals surface area contributed by atoms with Crippen LogP contribution in [0.3, 0.4) is 0 Å². The van der Waals surface area contributed by atoms with E-state index < -0.39 is 0 Å². The molecule has 0 aliphatic carbocycles. The second kappa shape index (κ2) is 7.09. The van der Waals surface area contributed by atoms with Crippen molar-refractivity contribution in [2.75, 3.05) is 21.3 Å². The minimum Gasteiger partial charge on any atom is -0.493 e. The molecule has 0 bridgehead atoms. The SMILES string of the molecule is COc1ccc(-c2ccc(Cl)c(CN)c2Cl)c(OC)c1OC. The maximum atomic E-state index is 6.45. The number of hydrogen-bond donors (Lipinski definition) is 1. The van der Waals surface area contributed by atoms with Crippen LogP contribution >= 0.6 is 23.2 Å². The minimum atomic E-state index is 0.251. The molecule has 22 heavy (non-hydrogen) atoms. The molecule has 2 rings (SSSR count).